The molecule has 0 aliphatic rings. The number of sulfonamides is 1. The monoisotopic (exact) mass is 557 g/mol. The molecule has 0 saturated carbocycles. The van der Waals surface area contributed by atoms with E-state index in [0.29, 0.717) is 28.1 Å². The van der Waals surface area contributed by atoms with Gasteiger partial charge in [-0.05, 0) is 55.7 Å². The van der Waals surface area contributed by atoms with Gasteiger partial charge in [0.25, 0.3) is 0 Å². The fourth-order valence-corrected chi connectivity index (χ4v) is 4.62. The van der Waals surface area contributed by atoms with Crippen molar-refractivity contribution in [2.75, 3.05) is 24.2 Å². The fourth-order valence-electron chi connectivity index (χ4n) is 3.78. The maximum atomic E-state index is 13.7. The number of alkyl halides is 3. The molecule has 0 unspecified atom stereocenters. The van der Waals surface area contributed by atoms with Crippen LogP contribution in [-0.4, -0.2) is 57.1 Å². The van der Waals surface area contributed by atoms with E-state index in [1.54, 1.807) is 31.2 Å². The SMILES string of the molecule is CC[C@H](C)NC(=O)[C@H](CC)N(Cc1cccc(OC)c1)C(=O)CN(c1cccc(C(F)(F)F)c1)S(C)(=O)=O. The van der Waals surface area contributed by atoms with Crippen molar-refractivity contribution in [1.29, 1.82) is 0 Å². The maximum absolute atomic E-state index is 13.7. The molecule has 0 aromatic heterocycles. The summed E-state index contributed by atoms with van der Waals surface area (Å²) in [7, 11) is -2.69. The Balaban J connectivity index is 2.51. The number of halogens is 3. The van der Waals surface area contributed by atoms with Crippen molar-refractivity contribution in [2.45, 2.75) is 58.4 Å². The lowest BCUT2D eigenvalue weighted by Crippen LogP contribution is -2.53. The first-order chi connectivity index (χ1) is 17.7. The summed E-state index contributed by atoms with van der Waals surface area (Å²) in [5.41, 5.74) is -0.740. The zero-order chi connectivity index (χ0) is 28.7. The van der Waals surface area contributed by atoms with Crippen molar-refractivity contribution in [3.63, 3.8) is 0 Å². The number of carbonyl (C=O) groups excluding carboxylic acids is 2. The highest BCUT2D eigenvalue weighted by Crippen LogP contribution is 2.32. The lowest BCUT2D eigenvalue weighted by atomic mass is 10.1. The third-order valence-electron chi connectivity index (χ3n) is 6.01. The number of nitrogens with zero attached hydrogens (tertiary/aromatic N) is 2. The number of rotatable bonds is 12. The van der Waals surface area contributed by atoms with Crippen LogP contribution in [0.4, 0.5) is 18.9 Å². The van der Waals surface area contributed by atoms with E-state index in [9.17, 15) is 31.2 Å². The highest BCUT2D eigenvalue weighted by molar-refractivity contribution is 7.92. The topological polar surface area (TPSA) is 96.0 Å². The molecular weight excluding hydrogens is 523 g/mol. The fraction of sp³-hybridized carbons (Fsp3) is 0.462. The number of benzene rings is 2. The zero-order valence-electron chi connectivity index (χ0n) is 22.1. The summed E-state index contributed by atoms with van der Waals surface area (Å²) in [5, 5.41) is 2.85. The molecule has 1 N–H and O–H groups in total. The molecule has 2 rings (SSSR count). The molecule has 0 bridgehead atoms. The number of methoxy groups -OCH3 is 1. The van der Waals surface area contributed by atoms with Gasteiger partial charge in [0, 0.05) is 12.6 Å². The molecule has 12 heteroatoms. The van der Waals surface area contributed by atoms with Crippen molar-refractivity contribution in [2.24, 2.45) is 0 Å². The minimum absolute atomic E-state index is 0.0529. The second kappa shape index (κ2) is 13.0. The van der Waals surface area contributed by atoms with E-state index in [2.05, 4.69) is 5.32 Å². The van der Waals surface area contributed by atoms with Gasteiger partial charge in [0.1, 0.15) is 18.3 Å². The first kappa shape index (κ1) is 30.9. The van der Waals surface area contributed by atoms with Crippen molar-refractivity contribution in [3.8, 4) is 5.75 Å². The average molecular weight is 558 g/mol. The van der Waals surface area contributed by atoms with Crippen molar-refractivity contribution in [1.82, 2.24) is 10.2 Å². The van der Waals surface area contributed by atoms with Crippen LogP contribution in [0.2, 0.25) is 0 Å². The van der Waals surface area contributed by atoms with Gasteiger partial charge in [-0.1, -0.05) is 32.0 Å². The molecule has 0 aliphatic carbocycles. The van der Waals surface area contributed by atoms with Gasteiger partial charge in [0.15, 0.2) is 0 Å². The summed E-state index contributed by atoms with van der Waals surface area (Å²) in [6, 6.07) is 9.45. The third kappa shape index (κ3) is 8.37. The van der Waals surface area contributed by atoms with Gasteiger partial charge in [-0.3, -0.25) is 13.9 Å². The van der Waals surface area contributed by atoms with Crippen molar-refractivity contribution >= 4 is 27.5 Å². The molecule has 2 aromatic rings. The Morgan fingerprint density at radius 3 is 2.26 bits per heavy atom. The number of nitrogens with one attached hydrogen (secondary N) is 1. The van der Waals surface area contributed by atoms with Gasteiger partial charge in [0.05, 0.1) is 24.6 Å². The van der Waals surface area contributed by atoms with Crippen LogP contribution < -0.4 is 14.4 Å². The first-order valence-electron chi connectivity index (χ1n) is 12.1. The predicted octanol–water partition coefficient (Wildman–Crippen LogP) is 4.20. The van der Waals surface area contributed by atoms with E-state index in [1.165, 1.54) is 18.1 Å². The zero-order valence-corrected chi connectivity index (χ0v) is 22.9. The number of hydrogen-bond acceptors (Lipinski definition) is 5. The molecule has 2 amide bonds. The largest absolute Gasteiger partial charge is 0.497 e. The normalized spacial score (nSPS) is 13.4. The third-order valence-corrected chi connectivity index (χ3v) is 7.16. The smallest absolute Gasteiger partial charge is 0.416 e. The number of amides is 2. The second-order valence-corrected chi connectivity index (χ2v) is 10.8. The Labute approximate surface area is 221 Å². The molecule has 0 saturated heterocycles. The van der Waals surface area contributed by atoms with Crippen LogP contribution in [0.3, 0.4) is 0 Å². The van der Waals surface area contributed by atoms with E-state index in [0.717, 1.165) is 18.4 Å². The second-order valence-electron chi connectivity index (χ2n) is 8.93. The van der Waals surface area contributed by atoms with Gasteiger partial charge in [-0.15, -0.1) is 0 Å². The van der Waals surface area contributed by atoms with Gasteiger partial charge >= 0.3 is 6.18 Å². The first-order valence-corrected chi connectivity index (χ1v) is 13.9. The molecule has 0 spiro atoms. The van der Waals surface area contributed by atoms with Gasteiger partial charge in [-0.25, -0.2) is 8.42 Å². The number of ether oxygens (including phenoxy) is 1. The van der Waals surface area contributed by atoms with E-state index in [4.69, 9.17) is 4.74 Å². The summed E-state index contributed by atoms with van der Waals surface area (Å²) in [6.07, 6.45) is -3.02. The molecule has 8 nitrogen and oxygen atoms in total. The Kier molecular flexibility index (Phi) is 10.6. The van der Waals surface area contributed by atoms with Crippen molar-refractivity contribution < 1.29 is 35.9 Å². The Morgan fingerprint density at radius 2 is 1.71 bits per heavy atom. The molecule has 0 aliphatic heterocycles. The maximum Gasteiger partial charge on any atom is 0.416 e. The summed E-state index contributed by atoms with van der Waals surface area (Å²) in [4.78, 5) is 28.0. The number of carbonyl (C=O) groups is 2. The quantitative estimate of drug-likeness (QED) is 0.422. The predicted molar refractivity (Wildman–Crippen MR) is 139 cm³/mol. The van der Waals surface area contributed by atoms with Gasteiger partial charge in [-0.2, -0.15) is 13.2 Å². The highest BCUT2D eigenvalue weighted by Gasteiger charge is 2.34. The summed E-state index contributed by atoms with van der Waals surface area (Å²) >= 11 is 0. The van der Waals surface area contributed by atoms with Crippen LogP contribution in [0.25, 0.3) is 0 Å². The number of hydrogen-bond donors (Lipinski definition) is 1. The van der Waals surface area contributed by atoms with E-state index >= 15 is 0 Å². The lowest BCUT2D eigenvalue weighted by Gasteiger charge is -2.33. The molecule has 2 aromatic carbocycles. The van der Waals surface area contributed by atoms with E-state index in [1.807, 2.05) is 13.8 Å². The Morgan fingerprint density at radius 1 is 1.05 bits per heavy atom. The highest BCUT2D eigenvalue weighted by atomic mass is 32.2. The van der Waals surface area contributed by atoms with Crippen LogP contribution in [0.1, 0.15) is 44.7 Å². The molecule has 0 heterocycles. The molecular formula is C26H34F3N3O5S. The van der Waals surface area contributed by atoms with Crippen LogP contribution in [0.5, 0.6) is 5.75 Å². The van der Waals surface area contributed by atoms with E-state index < -0.39 is 46.2 Å². The lowest BCUT2D eigenvalue weighted by molar-refractivity contribution is -0.140. The molecule has 38 heavy (non-hydrogen) atoms. The van der Waals surface area contributed by atoms with Gasteiger partial charge in [0.2, 0.25) is 21.8 Å². The summed E-state index contributed by atoms with van der Waals surface area (Å²) in [5.74, 6) is -0.640. The molecule has 210 valence electrons. The summed E-state index contributed by atoms with van der Waals surface area (Å²) < 4.78 is 71.0. The van der Waals surface area contributed by atoms with Gasteiger partial charge < -0.3 is 15.0 Å². The van der Waals surface area contributed by atoms with Crippen LogP contribution in [-0.2, 0) is 32.3 Å². The molecule has 0 fully saturated rings. The van der Waals surface area contributed by atoms with Crippen LogP contribution >= 0.6 is 0 Å². The average Bonchev–Trinajstić information content (AvgIpc) is 2.85. The van der Waals surface area contributed by atoms with E-state index in [-0.39, 0.29) is 24.7 Å². The molecule has 0 radical (unpaired) electrons. The Hall–Kier alpha value is -3.28. The summed E-state index contributed by atoms with van der Waals surface area (Å²) in [6.45, 7) is 4.58. The number of anilines is 1. The minimum atomic E-state index is -4.71. The minimum Gasteiger partial charge on any atom is -0.497 e. The van der Waals surface area contributed by atoms with Crippen LogP contribution in [0.15, 0.2) is 48.5 Å². The molecule has 2 atom stereocenters. The van der Waals surface area contributed by atoms with Crippen molar-refractivity contribution in [3.05, 3.63) is 59.7 Å². The standard InChI is InChI=1S/C26H34F3N3O5S/c1-6-18(3)30-25(34)23(7-2)31(16-19-10-8-13-22(14-19)37-4)24(33)17-32(38(5,35)36)21-12-9-11-20(15-21)26(27,28)29/h8-15,18,23H,6-7,16-17H2,1-5H3,(H,30,34)/t18-,23-/m0/s1. The van der Waals surface area contributed by atoms with Crippen LogP contribution in [0, 0.1) is 0 Å². The Bertz CT molecular complexity index is 1220.